The Morgan fingerprint density at radius 1 is 0.947 bits per heavy atom. The molecule has 0 bridgehead atoms. The maximum absolute atomic E-state index is 13.2. The van der Waals surface area contributed by atoms with Crippen LogP contribution in [-0.2, 0) is 16.8 Å². The van der Waals surface area contributed by atoms with E-state index in [4.69, 9.17) is 0 Å². The van der Waals surface area contributed by atoms with E-state index in [0.29, 0.717) is 30.9 Å². The van der Waals surface area contributed by atoms with Crippen molar-refractivity contribution in [2.45, 2.75) is 71.4 Å². The molecular formula is C33H36N2O3. The molecule has 0 spiro atoms. The summed E-state index contributed by atoms with van der Waals surface area (Å²) in [7, 11) is 0. The highest BCUT2D eigenvalue weighted by Crippen LogP contribution is 2.48. The molecule has 1 amide bonds. The molecule has 3 aromatic carbocycles. The van der Waals surface area contributed by atoms with Gasteiger partial charge in [-0.1, -0.05) is 62.4 Å². The topological polar surface area (TPSA) is 71.3 Å². The molecule has 196 valence electrons. The van der Waals surface area contributed by atoms with Crippen LogP contribution in [0, 0.1) is 13.8 Å². The van der Waals surface area contributed by atoms with E-state index in [2.05, 4.69) is 61.8 Å². The minimum Gasteiger partial charge on any atom is -0.481 e. The number of carbonyl (C=O) groups is 2. The van der Waals surface area contributed by atoms with Crippen molar-refractivity contribution in [1.29, 1.82) is 0 Å². The molecule has 1 aromatic heterocycles. The van der Waals surface area contributed by atoms with E-state index in [0.717, 1.165) is 38.9 Å². The summed E-state index contributed by atoms with van der Waals surface area (Å²) in [6, 6.07) is 22.2. The number of rotatable bonds is 8. The van der Waals surface area contributed by atoms with Crippen LogP contribution in [0.25, 0.3) is 10.9 Å². The molecule has 1 heterocycles. The van der Waals surface area contributed by atoms with Gasteiger partial charge in [0.1, 0.15) is 0 Å². The monoisotopic (exact) mass is 508 g/mol. The smallest absolute Gasteiger partial charge is 0.314 e. The number of nitrogens with zero attached hydrogens (tertiary/aromatic N) is 1. The van der Waals surface area contributed by atoms with Gasteiger partial charge in [0.2, 0.25) is 0 Å². The molecule has 1 saturated carbocycles. The summed E-state index contributed by atoms with van der Waals surface area (Å²) in [6.07, 6.45) is 1.42. The van der Waals surface area contributed by atoms with Crippen molar-refractivity contribution in [3.05, 3.63) is 106 Å². The standard InChI is InChI=1S/C33H36N2O3/c1-20(2)25-7-6-8-26(17-25)22(4)34-31(36)27-11-14-30-29(18-27)21(3)23(5)35(30)19-24-9-12-28(13-10-24)33(15-16-33)32(37)38/h6-14,17-18,20,22H,15-16,19H2,1-5H3,(H,34,36)(H,37,38). The van der Waals surface area contributed by atoms with Gasteiger partial charge >= 0.3 is 5.97 Å². The summed E-state index contributed by atoms with van der Waals surface area (Å²) in [5.74, 6) is -0.373. The molecular weight excluding hydrogens is 472 g/mol. The van der Waals surface area contributed by atoms with E-state index in [9.17, 15) is 14.7 Å². The predicted molar refractivity (Wildman–Crippen MR) is 152 cm³/mol. The summed E-state index contributed by atoms with van der Waals surface area (Å²) in [4.78, 5) is 24.9. The molecule has 1 aliphatic carbocycles. The fraction of sp³-hybridized carbons (Fsp3) is 0.333. The van der Waals surface area contributed by atoms with Crippen LogP contribution in [-0.4, -0.2) is 21.6 Å². The van der Waals surface area contributed by atoms with Gasteiger partial charge in [-0.05, 0) is 85.5 Å². The molecule has 0 saturated heterocycles. The maximum Gasteiger partial charge on any atom is 0.314 e. The number of aromatic nitrogens is 1. The van der Waals surface area contributed by atoms with Crippen LogP contribution in [0.3, 0.4) is 0 Å². The van der Waals surface area contributed by atoms with Crippen molar-refractivity contribution < 1.29 is 14.7 Å². The van der Waals surface area contributed by atoms with Gasteiger partial charge in [0.25, 0.3) is 5.91 Å². The van der Waals surface area contributed by atoms with Crippen LogP contribution in [0.4, 0.5) is 0 Å². The Balaban J connectivity index is 1.36. The van der Waals surface area contributed by atoms with Gasteiger partial charge in [-0.2, -0.15) is 0 Å². The quantitative estimate of drug-likeness (QED) is 0.268. The molecule has 4 aromatic rings. The summed E-state index contributed by atoms with van der Waals surface area (Å²) in [5.41, 5.74) is 7.74. The van der Waals surface area contributed by atoms with Crippen molar-refractivity contribution >= 4 is 22.8 Å². The Kier molecular flexibility index (Phi) is 6.64. The average Bonchev–Trinajstić information content (AvgIpc) is 3.70. The SMILES string of the molecule is Cc1c(C)n(Cc2ccc(C3(C(=O)O)CC3)cc2)c2ccc(C(=O)NC(C)c3cccc(C(C)C)c3)cc12. The lowest BCUT2D eigenvalue weighted by atomic mass is 9.95. The molecule has 0 radical (unpaired) electrons. The zero-order valence-corrected chi connectivity index (χ0v) is 22.8. The first-order valence-electron chi connectivity index (χ1n) is 13.4. The normalized spacial score (nSPS) is 15.0. The molecule has 0 aliphatic heterocycles. The van der Waals surface area contributed by atoms with Crippen molar-refractivity contribution in [2.75, 3.05) is 0 Å². The second kappa shape index (κ2) is 9.79. The van der Waals surface area contributed by atoms with Crippen LogP contribution in [0.5, 0.6) is 0 Å². The molecule has 5 nitrogen and oxygen atoms in total. The van der Waals surface area contributed by atoms with Crippen LogP contribution in [0.15, 0.2) is 66.7 Å². The highest BCUT2D eigenvalue weighted by atomic mass is 16.4. The van der Waals surface area contributed by atoms with Gasteiger partial charge in [0.05, 0.1) is 11.5 Å². The summed E-state index contributed by atoms with van der Waals surface area (Å²) >= 11 is 0. The molecule has 5 heteroatoms. The lowest BCUT2D eigenvalue weighted by Gasteiger charge is -2.16. The van der Waals surface area contributed by atoms with Crippen molar-refractivity contribution in [3.63, 3.8) is 0 Å². The third-order valence-corrected chi connectivity index (χ3v) is 8.33. The largest absolute Gasteiger partial charge is 0.481 e. The lowest BCUT2D eigenvalue weighted by Crippen LogP contribution is -2.26. The van der Waals surface area contributed by atoms with Crippen LogP contribution >= 0.6 is 0 Å². The molecule has 2 N–H and O–H groups in total. The third-order valence-electron chi connectivity index (χ3n) is 8.33. The number of nitrogens with one attached hydrogen (secondary N) is 1. The Hall–Kier alpha value is -3.86. The van der Waals surface area contributed by atoms with Gasteiger partial charge in [-0.3, -0.25) is 9.59 Å². The van der Waals surface area contributed by atoms with Crippen LogP contribution in [0.2, 0.25) is 0 Å². The van der Waals surface area contributed by atoms with Gasteiger partial charge in [-0.15, -0.1) is 0 Å². The zero-order chi connectivity index (χ0) is 27.2. The van der Waals surface area contributed by atoms with Crippen molar-refractivity contribution in [2.24, 2.45) is 0 Å². The number of fused-ring (bicyclic) bond motifs is 1. The van der Waals surface area contributed by atoms with Gasteiger partial charge < -0.3 is 15.0 Å². The molecule has 1 atom stereocenters. The third kappa shape index (κ3) is 4.62. The second-order valence-electron chi connectivity index (χ2n) is 11.1. The van der Waals surface area contributed by atoms with Crippen LogP contribution < -0.4 is 5.32 Å². The Morgan fingerprint density at radius 3 is 2.26 bits per heavy atom. The van der Waals surface area contributed by atoms with E-state index in [1.165, 1.54) is 5.56 Å². The fourth-order valence-corrected chi connectivity index (χ4v) is 5.41. The van der Waals surface area contributed by atoms with E-state index >= 15 is 0 Å². The highest BCUT2D eigenvalue weighted by Gasteiger charge is 2.51. The van der Waals surface area contributed by atoms with Gasteiger partial charge in [0.15, 0.2) is 0 Å². The van der Waals surface area contributed by atoms with Gasteiger partial charge in [-0.25, -0.2) is 0 Å². The lowest BCUT2D eigenvalue weighted by molar-refractivity contribution is -0.140. The van der Waals surface area contributed by atoms with Crippen LogP contribution in [0.1, 0.15) is 89.4 Å². The fourth-order valence-electron chi connectivity index (χ4n) is 5.41. The van der Waals surface area contributed by atoms with E-state index in [1.54, 1.807) is 0 Å². The molecule has 1 unspecified atom stereocenters. The van der Waals surface area contributed by atoms with E-state index in [1.807, 2.05) is 49.4 Å². The Labute approximate surface area is 224 Å². The van der Waals surface area contributed by atoms with E-state index in [-0.39, 0.29) is 11.9 Å². The number of carboxylic acid groups (broad SMARTS) is 1. The highest BCUT2D eigenvalue weighted by molar-refractivity contribution is 5.99. The predicted octanol–water partition coefficient (Wildman–Crippen LogP) is 7.04. The first-order valence-corrected chi connectivity index (χ1v) is 13.4. The second-order valence-corrected chi connectivity index (χ2v) is 11.1. The number of hydrogen-bond donors (Lipinski definition) is 2. The van der Waals surface area contributed by atoms with E-state index < -0.39 is 11.4 Å². The minimum absolute atomic E-state index is 0.0813. The summed E-state index contributed by atoms with van der Waals surface area (Å²) in [6.45, 7) is 11.3. The summed E-state index contributed by atoms with van der Waals surface area (Å²) < 4.78 is 2.27. The number of benzene rings is 3. The first-order chi connectivity index (χ1) is 18.1. The molecule has 1 aliphatic rings. The Bertz CT molecular complexity index is 1520. The number of carboxylic acids is 1. The zero-order valence-electron chi connectivity index (χ0n) is 22.8. The summed E-state index contributed by atoms with van der Waals surface area (Å²) in [5, 5.41) is 13.8. The Morgan fingerprint density at radius 2 is 1.63 bits per heavy atom. The number of amides is 1. The number of aliphatic carboxylic acids is 1. The van der Waals surface area contributed by atoms with Gasteiger partial charge in [0, 0.05) is 28.7 Å². The molecule has 38 heavy (non-hydrogen) atoms. The van der Waals surface area contributed by atoms with Crippen molar-refractivity contribution in [1.82, 2.24) is 9.88 Å². The molecule has 1 fully saturated rings. The number of aryl methyl sites for hydroxylation is 1. The average molecular weight is 509 g/mol. The first kappa shape index (κ1) is 25.8. The maximum atomic E-state index is 13.2. The number of carbonyl (C=O) groups excluding carboxylic acids is 1. The van der Waals surface area contributed by atoms with Crippen molar-refractivity contribution in [3.8, 4) is 0 Å². The molecule has 5 rings (SSSR count). The number of hydrogen-bond acceptors (Lipinski definition) is 2. The minimum atomic E-state index is -0.730.